The van der Waals surface area contributed by atoms with E-state index in [4.69, 9.17) is 13.9 Å². The number of fused-ring (bicyclic) bond motifs is 1. The molecular weight excluding hydrogens is 421 g/mol. The smallest absolute Gasteiger partial charge is 0.502 e. The molecule has 0 saturated carbocycles. The number of halogens is 3. The average molecular weight is 436 g/mol. The fourth-order valence-electron chi connectivity index (χ4n) is 2.62. The summed E-state index contributed by atoms with van der Waals surface area (Å²) >= 11 is 0. The molecule has 10 heteroatoms. The van der Waals surface area contributed by atoms with Crippen molar-refractivity contribution in [3.05, 3.63) is 59.9 Å². The van der Waals surface area contributed by atoms with Crippen LogP contribution in [0.2, 0.25) is 0 Å². The minimum absolute atomic E-state index is 0.0463. The van der Waals surface area contributed by atoms with Crippen LogP contribution < -0.4 is 9.47 Å². The zero-order valence-electron chi connectivity index (χ0n) is 15.9. The summed E-state index contributed by atoms with van der Waals surface area (Å²) in [5.74, 6) is -2.92. The van der Waals surface area contributed by atoms with Crippen molar-refractivity contribution in [2.24, 2.45) is 0 Å². The van der Waals surface area contributed by atoms with Gasteiger partial charge >= 0.3 is 18.3 Å². The summed E-state index contributed by atoms with van der Waals surface area (Å²) in [7, 11) is 0. The van der Waals surface area contributed by atoms with Crippen molar-refractivity contribution >= 4 is 29.0 Å². The molecule has 1 heterocycles. The average Bonchev–Trinajstić information content (AvgIpc) is 3.17. The molecule has 7 nitrogen and oxygen atoms in total. The molecule has 3 aromatic rings. The number of aromatic hydroxyl groups is 1. The Morgan fingerprint density at radius 1 is 1.16 bits per heavy atom. The topological polar surface area (TPSA) is 95.2 Å². The molecule has 0 aliphatic carbocycles. The van der Waals surface area contributed by atoms with Crippen LogP contribution in [0.5, 0.6) is 17.2 Å². The molecule has 31 heavy (non-hydrogen) atoms. The van der Waals surface area contributed by atoms with E-state index >= 15 is 0 Å². The number of carbonyl (C=O) groups is 2. The Morgan fingerprint density at radius 3 is 2.52 bits per heavy atom. The number of carbonyl (C=O) groups excluding carboxylic acids is 2. The fraction of sp³-hybridized carbons (Fsp3) is 0.143. The number of rotatable bonds is 6. The van der Waals surface area contributed by atoms with Crippen molar-refractivity contribution in [1.82, 2.24) is 0 Å². The third kappa shape index (κ3) is 5.35. The van der Waals surface area contributed by atoms with E-state index in [1.165, 1.54) is 18.4 Å². The summed E-state index contributed by atoms with van der Waals surface area (Å²) in [5.41, 5.74) is 0.114. The number of benzene rings is 2. The van der Waals surface area contributed by atoms with Gasteiger partial charge in [0, 0.05) is 17.0 Å². The van der Waals surface area contributed by atoms with E-state index in [1.54, 1.807) is 13.0 Å². The van der Waals surface area contributed by atoms with Crippen LogP contribution in [0.4, 0.5) is 13.2 Å². The number of hydrogen-bond acceptors (Lipinski definition) is 7. The highest BCUT2D eigenvalue weighted by molar-refractivity contribution is 5.96. The summed E-state index contributed by atoms with van der Waals surface area (Å²) in [5, 5.41) is 11.0. The Bertz CT molecular complexity index is 1130. The monoisotopic (exact) mass is 436 g/mol. The first-order valence-corrected chi connectivity index (χ1v) is 8.84. The Morgan fingerprint density at radius 2 is 1.87 bits per heavy atom. The van der Waals surface area contributed by atoms with E-state index in [0.717, 1.165) is 30.3 Å². The van der Waals surface area contributed by atoms with Crippen LogP contribution in [0, 0.1) is 0 Å². The van der Waals surface area contributed by atoms with E-state index in [9.17, 15) is 27.9 Å². The molecule has 0 bridgehead atoms. The van der Waals surface area contributed by atoms with Crippen LogP contribution in [0.25, 0.3) is 17.0 Å². The molecule has 1 aromatic heterocycles. The molecule has 0 fully saturated rings. The molecule has 0 atom stereocenters. The molecule has 0 aliphatic heterocycles. The Hall–Kier alpha value is -3.95. The van der Waals surface area contributed by atoms with Gasteiger partial charge in [-0.25, -0.2) is 9.59 Å². The van der Waals surface area contributed by atoms with Gasteiger partial charge in [-0.15, -0.1) is 13.2 Å². The first-order chi connectivity index (χ1) is 14.7. The SMILES string of the molecule is CCOC(=O)/C=C/c1cc2ccoc2c(O)c1OC(=O)c1ccc(OC(F)(F)F)cc1. The maximum Gasteiger partial charge on any atom is 0.573 e. The summed E-state index contributed by atoms with van der Waals surface area (Å²) in [6.45, 7) is 1.79. The number of alkyl halides is 3. The summed E-state index contributed by atoms with van der Waals surface area (Å²) in [6.07, 6.45) is -1.18. The van der Waals surface area contributed by atoms with Crippen LogP contribution in [0.3, 0.4) is 0 Å². The molecule has 0 radical (unpaired) electrons. The van der Waals surface area contributed by atoms with E-state index in [1.807, 2.05) is 0 Å². The van der Waals surface area contributed by atoms with Crippen LogP contribution in [-0.2, 0) is 9.53 Å². The van der Waals surface area contributed by atoms with Gasteiger partial charge in [0.25, 0.3) is 0 Å². The number of furan rings is 1. The van der Waals surface area contributed by atoms with Gasteiger partial charge in [0.1, 0.15) is 5.75 Å². The Balaban J connectivity index is 1.90. The van der Waals surface area contributed by atoms with Crippen LogP contribution in [0.15, 0.2) is 53.2 Å². The van der Waals surface area contributed by atoms with Gasteiger partial charge in [0.2, 0.25) is 5.75 Å². The van der Waals surface area contributed by atoms with Crippen molar-refractivity contribution < 1.29 is 46.5 Å². The van der Waals surface area contributed by atoms with Gasteiger partial charge in [-0.2, -0.15) is 0 Å². The summed E-state index contributed by atoms with van der Waals surface area (Å²) in [4.78, 5) is 24.1. The molecule has 0 spiro atoms. The van der Waals surface area contributed by atoms with Crippen molar-refractivity contribution in [2.45, 2.75) is 13.3 Å². The van der Waals surface area contributed by atoms with E-state index in [2.05, 4.69) is 4.74 Å². The number of phenolic OH excluding ortho intramolecular Hbond substituents is 1. The predicted molar refractivity (Wildman–Crippen MR) is 102 cm³/mol. The van der Waals surface area contributed by atoms with Crippen molar-refractivity contribution in [3.63, 3.8) is 0 Å². The zero-order valence-corrected chi connectivity index (χ0v) is 15.9. The molecule has 3 rings (SSSR count). The molecule has 2 aromatic carbocycles. The Kier molecular flexibility index (Phi) is 6.19. The number of esters is 2. The highest BCUT2D eigenvalue weighted by Gasteiger charge is 2.31. The molecule has 1 N–H and O–H groups in total. The molecule has 162 valence electrons. The maximum atomic E-state index is 12.5. The second kappa shape index (κ2) is 8.82. The lowest BCUT2D eigenvalue weighted by Crippen LogP contribution is -2.17. The van der Waals surface area contributed by atoms with Gasteiger partial charge in [0.15, 0.2) is 11.3 Å². The molecule has 0 unspecified atom stereocenters. The van der Waals surface area contributed by atoms with Gasteiger partial charge in [-0.3, -0.25) is 0 Å². The van der Waals surface area contributed by atoms with Crippen LogP contribution >= 0.6 is 0 Å². The lowest BCUT2D eigenvalue weighted by atomic mass is 10.1. The second-order valence-electron chi connectivity index (χ2n) is 6.03. The third-order valence-electron chi connectivity index (χ3n) is 3.90. The van der Waals surface area contributed by atoms with Gasteiger partial charge in [0.05, 0.1) is 18.4 Å². The van der Waals surface area contributed by atoms with Crippen molar-refractivity contribution in [2.75, 3.05) is 6.61 Å². The lowest BCUT2D eigenvalue weighted by Gasteiger charge is -2.11. The van der Waals surface area contributed by atoms with E-state index in [-0.39, 0.29) is 29.1 Å². The van der Waals surface area contributed by atoms with E-state index in [0.29, 0.717) is 5.39 Å². The van der Waals surface area contributed by atoms with Crippen LogP contribution in [0.1, 0.15) is 22.8 Å². The Labute approximate surface area is 173 Å². The first-order valence-electron chi connectivity index (χ1n) is 8.84. The molecule has 0 saturated heterocycles. The molecular formula is C21H15F3O7. The zero-order chi connectivity index (χ0) is 22.6. The maximum absolute atomic E-state index is 12.5. The standard InChI is InChI=1S/C21H15F3O7/c1-2-28-16(25)8-5-13-11-14-9-10-29-18(14)17(26)19(13)30-20(27)12-3-6-15(7-4-12)31-21(22,23)24/h3-11,26H,2H2,1H3/b8-5+. The van der Waals surface area contributed by atoms with Crippen molar-refractivity contribution in [1.29, 1.82) is 0 Å². The molecule has 0 amide bonds. The van der Waals surface area contributed by atoms with Gasteiger partial charge < -0.3 is 23.7 Å². The minimum atomic E-state index is -4.87. The fourth-order valence-corrected chi connectivity index (χ4v) is 2.62. The number of ether oxygens (including phenoxy) is 3. The molecule has 0 aliphatic rings. The lowest BCUT2D eigenvalue weighted by molar-refractivity contribution is -0.274. The van der Waals surface area contributed by atoms with Crippen molar-refractivity contribution in [3.8, 4) is 17.2 Å². The largest absolute Gasteiger partial charge is 0.573 e. The first kappa shape index (κ1) is 21.8. The van der Waals surface area contributed by atoms with Gasteiger partial charge in [-0.1, -0.05) is 0 Å². The van der Waals surface area contributed by atoms with Gasteiger partial charge in [-0.05, 0) is 49.4 Å². The highest BCUT2D eigenvalue weighted by Crippen LogP contribution is 2.40. The number of hydrogen-bond donors (Lipinski definition) is 1. The van der Waals surface area contributed by atoms with E-state index < -0.39 is 29.8 Å². The minimum Gasteiger partial charge on any atom is -0.502 e. The summed E-state index contributed by atoms with van der Waals surface area (Å²) < 4.78 is 55.8. The normalized spacial score (nSPS) is 11.6. The predicted octanol–water partition coefficient (Wildman–Crippen LogP) is 4.83. The van der Waals surface area contributed by atoms with Crippen LogP contribution in [-0.4, -0.2) is 30.0 Å². The highest BCUT2D eigenvalue weighted by atomic mass is 19.4. The summed E-state index contributed by atoms with van der Waals surface area (Å²) in [6, 6.07) is 7.10. The number of phenols is 1. The second-order valence-corrected chi connectivity index (χ2v) is 6.03. The quantitative estimate of drug-likeness (QED) is 0.336. The third-order valence-corrected chi connectivity index (χ3v) is 3.90.